The van der Waals surface area contributed by atoms with Gasteiger partial charge < -0.3 is 24.9 Å². The summed E-state index contributed by atoms with van der Waals surface area (Å²) in [4.78, 5) is 0. The van der Waals surface area contributed by atoms with Crippen LogP contribution in [-0.4, -0.2) is 23.5 Å². The van der Waals surface area contributed by atoms with Crippen molar-refractivity contribution in [3.63, 3.8) is 0 Å². The molecule has 3 N–H and O–H groups in total. The van der Waals surface area contributed by atoms with Crippen LogP contribution in [0.1, 0.15) is 11.5 Å². The van der Waals surface area contributed by atoms with Crippen LogP contribution < -0.4 is 20.5 Å². The maximum Gasteiger partial charge on any atom is 0.315 e. The quantitative estimate of drug-likeness (QED) is 0.826. The van der Waals surface area contributed by atoms with Gasteiger partial charge in [0.15, 0.2) is 11.5 Å². The molecule has 0 radical (unpaired) electrons. The molecule has 0 saturated carbocycles. The summed E-state index contributed by atoms with van der Waals surface area (Å²) in [5.74, 6) is 2.07. The van der Waals surface area contributed by atoms with Crippen LogP contribution in [-0.2, 0) is 13.0 Å². The smallest absolute Gasteiger partial charge is 0.315 e. The van der Waals surface area contributed by atoms with Crippen molar-refractivity contribution in [3.8, 4) is 11.5 Å². The highest BCUT2D eigenvalue weighted by Crippen LogP contribution is 2.32. The van der Waals surface area contributed by atoms with Gasteiger partial charge in [0.1, 0.15) is 0 Å². The van der Waals surface area contributed by atoms with Gasteiger partial charge in [0.2, 0.25) is 12.7 Å². The number of anilines is 1. The lowest BCUT2D eigenvalue weighted by Gasteiger charge is -2.03. The van der Waals surface area contributed by atoms with E-state index < -0.39 is 0 Å². The number of hydrogen-bond acceptors (Lipinski definition) is 7. The van der Waals surface area contributed by atoms with Crippen molar-refractivity contribution >= 4 is 6.01 Å². The lowest BCUT2D eigenvalue weighted by atomic mass is 10.2. The third-order valence-corrected chi connectivity index (χ3v) is 2.71. The fraction of sp³-hybridized carbons (Fsp3) is 0.333. The summed E-state index contributed by atoms with van der Waals surface area (Å²) in [6.07, 6.45) is 0.582. The number of benzene rings is 1. The molecule has 0 spiro atoms. The summed E-state index contributed by atoms with van der Waals surface area (Å²) >= 11 is 0. The molecule has 0 fully saturated rings. The number of hydrogen-bond donors (Lipinski definition) is 2. The molecule has 0 atom stereocenters. The summed E-state index contributed by atoms with van der Waals surface area (Å²) in [5, 5.41) is 10.8. The number of fused-ring (bicyclic) bond motifs is 1. The molecule has 1 aliphatic heterocycles. The number of aromatic nitrogens is 2. The van der Waals surface area contributed by atoms with Gasteiger partial charge >= 0.3 is 6.01 Å². The lowest BCUT2D eigenvalue weighted by molar-refractivity contribution is 0.174. The minimum Gasteiger partial charge on any atom is -0.454 e. The van der Waals surface area contributed by atoms with Crippen LogP contribution >= 0.6 is 0 Å². The van der Waals surface area contributed by atoms with Gasteiger partial charge in [-0.15, -0.1) is 5.10 Å². The van der Waals surface area contributed by atoms with E-state index in [0.717, 1.165) is 17.1 Å². The molecule has 7 heteroatoms. The van der Waals surface area contributed by atoms with Crippen LogP contribution in [0.3, 0.4) is 0 Å². The van der Waals surface area contributed by atoms with E-state index in [0.29, 0.717) is 31.4 Å². The largest absolute Gasteiger partial charge is 0.454 e. The first-order chi connectivity index (χ1) is 9.35. The fourth-order valence-corrected chi connectivity index (χ4v) is 1.78. The fourth-order valence-electron chi connectivity index (χ4n) is 1.78. The Morgan fingerprint density at radius 1 is 1.21 bits per heavy atom. The van der Waals surface area contributed by atoms with Crippen LogP contribution in [0.2, 0.25) is 0 Å². The number of rotatable bonds is 5. The molecule has 7 nitrogen and oxygen atoms in total. The second-order valence-electron chi connectivity index (χ2n) is 4.08. The maximum absolute atomic E-state index is 5.41. The first-order valence-electron chi connectivity index (χ1n) is 6.00. The molecule has 0 saturated heterocycles. The number of nitrogens with two attached hydrogens (primary N) is 1. The van der Waals surface area contributed by atoms with Gasteiger partial charge in [-0.25, -0.2) is 0 Å². The van der Waals surface area contributed by atoms with Gasteiger partial charge in [0, 0.05) is 19.5 Å². The molecule has 100 valence electrons. The van der Waals surface area contributed by atoms with Gasteiger partial charge in [0.25, 0.3) is 0 Å². The Bertz CT molecular complexity index is 570. The third kappa shape index (κ3) is 2.60. The van der Waals surface area contributed by atoms with Crippen molar-refractivity contribution in [2.75, 3.05) is 18.7 Å². The van der Waals surface area contributed by atoms with Crippen LogP contribution in [0.15, 0.2) is 22.6 Å². The van der Waals surface area contributed by atoms with E-state index in [1.165, 1.54) is 0 Å². The minimum absolute atomic E-state index is 0.276. The summed E-state index contributed by atoms with van der Waals surface area (Å²) in [7, 11) is 0. The summed E-state index contributed by atoms with van der Waals surface area (Å²) in [5.41, 5.74) is 6.46. The van der Waals surface area contributed by atoms with E-state index in [9.17, 15) is 0 Å². The highest BCUT2D eigenvalue weighted by Gasteiger charge is 2.13. The van der Waals surface area contributed by atoms with Crippen molar-refractivity contribution in [2.24, 2.45) is 5.73 Å². The van der Waals surface area contributed by atoms with E-state index in [2.05, 4.69) is 15.5 Å². The standard InChI is InChI=1S/C12H14N4O3/c13-4-3-11-15-16-12(19-11)14-6-8-1-2-9-10(5-8)18-7-17-9/h1-2,5H,3-4,6-7,13H2,(H,14,16). The van der Waals surface area contributed by atoms with Gasteiger partial charge in [-0.3, -0.25) is 0 Å². The maximum atomic E-state index is 5.41. The normalized spacial score (nSPS) is 12.7. The average molecular weight is 262 g/mol. The Balaban J connectivity index is 1.62. The first-order valence-corrected chi connectivity index (χ1v) is 6.00. The second-order valence-corrected chi connectivity index (χ2v) is 4.08. The van der Waals surface area contributed by atoms with Crippen molar-refractivity contribution < 1.29 is 13.9 Å². The van der Waals surface area contributed by atoms with Crippen molar-refractivity contribution in [1.29, 1.82) is 0 Å². The summed E-state index contributed by atoms with van der Waals surface area (Å²) in [6.45, 7) is 1.34. The first kappa shape index (κ1) is 11.8. The number of ether oxygens (including phenoxy) is 2. The van der Waals surface area contributed by atoms with E-state index in [-0.39, 0.29) is 6.79 Å². The molecular formula is C12H14N4O3. The van der Waals surface area contributed by atoms with Gasteiger partial charge in [-0.05, 0) is 17.7 Å². The van der Waals surface area contributed by atoms with Gasteiger partial charge in [-0.1, -0.05) is 11.2 Å². The predicted molar refractivity (Wildman–Crippen MR) is 66.9 cm³/mol. The van der Waals surface area contributed by atoms with E-state index in [1.807, 2.05) is 18.2 Å². The van der Waals surface area contributed by atoms with E-state index >= 15 is 0 Å². The zero-order chi connectivity index (χ0) is 13.1. The molecule has 19 heavy (non-hydrogen) atoms. The molecule has 2 heterocycles. The summed E-state index contributed by atoms with van der Waals surface area (Å²) in [6, 6.07) is 6.15. The Kier molecular flexibility index (Phi) is 3.20. The molecule has 1 aromatic heterocycles. The molecule has 0 aliphatic carbocycles. The monoisotopic (exact) mass is 262 g/mol. The zero-order valence-corrected chi connectivity index (χ0v) is 10.3. The Labute approximate surface area is 109 Å². The average Bonchev–Trinajstić information content (AvgIpc) is 3.04. The van der Waals surface area contributed by atoms with Crippen LogP contribution in [0.5, 0.6) is 11.5 Å². The molecular weight excluding hydrogens is 248 g/mol. The van der Waals surface area contributed by atoms with Crippen LogP contribution in [0, 0.1) is 0 Å². The summed E-state index contributed by atoms with van der Waals surface area (Å²) < 4.78 is 15.9. The molecule has 2 aromatic rings. The van der Waals surface area contributed by atoms with Gasteiger partial charge in [0.05, 0.1) is 0 Å². The topological polar surface area (TPSA) is 95.4 Å². The molecule has 1 aromatic carbocycles. The predicted octanol–water partition coefficient (Wildman–Crippen LogP) is 0.912. The van der Waals surface area contributed by atoms with Crippen molar-refractivity contribution in [2.45, 2.75) is 13.0 Å². The Morgan fingerprint density at radius 2 is 2.11 bits per heavy atom. The van der Waals surface area contributed by atoms with Crippen molar-refractivity contribution in [1.82, 2.24) is 10.2 Å². The number of nitrogens with one attached hydrogen (secondary N) is 1. The molecule has 0 unspecified atom stereocenters. The lowest BCUT2D eigenvalue weighted by Crippen LogP contribution is -2.02. The SMILES string of the molecule is NCCc1nnc(NCc2ccc3c(c2)OCO3)o1. The Hall–Kier alpha value is -2.28. The van der Waals surface area contributed by atoms with E-state index in [4.69, 9.17) is 19.6 Å². The van der Waals surface area contributed by atoms with Crippen molar-refractivity contribution in [3.05, 3.63) is 29.7 Å². The molecule has 1 aliphatic rings. The minimum atomic E-state index is 0.276. The Morgan fingerprint density at radius 3 is 3.00 bits per heavy atom. The molecule has 3 rings (SSSR count). The van der Waals surface area contributed by atoms with E-state index in [1.54, 1.807) is 0 Å². The second kappa shape index (κ2) is 5.15. The molecule has 0 bridgehead atoms. The number of nitrogens with zero attached hydrogens (tertiary/aromatic N) is 2. The van der Waals surface area contributed by atoms with Crippen LogP contribution in [0.25, 0.3) is 0 Å². The third-order valence-electron chi connectivity index (χ3n) is 2.71. The highest BCUT2D eigenvalue weighted by atomic mass is 16.7. The van der Waals surface area contributed by atoms with Gasteiger partial charge in [-0.2, -0.15) is 0 Å². The highest BCUT2D eigenvalue weighted by molar-refractivity contribution is 5.45. The molecule has 0 amide bonds. The zero-order valence-electron chi connectivity index (χ0n) is 10.3. The van der Waals surface area contributed by atoms with Crippen LogP contribution in [0.4, 0.5) is 6.01 Å².